The number of aromatic nitrogens is 2. The van der Waals surface area contributed by atoms with Gasteiger partial charge in [0.15, 0.2) is 0 Å². The van der Waals surface area contributed by atoms with E-state index in [0.29, 0.717) is 11.5 Å². The molecule has 2 rings (SSSR count). The first-order chi connectivity index (χ1) is 7.26. The molecule has 0 radical (unpaired) electrons. The second-order valence-corrected chi connectivity index (χ2v) is 3.81. The second kappa shape index (κ2) is 6.30. The Morgan fingerprint density at radius 3 is 2.31 bits per heavy atom. The molecule has 2 aromatic rings. The molecule has 0 amide bonds. The van der Waals surface area contributed by atoms with Crippen LogP contribution in [0.15, 0.2) is 18.5 Å². The molecule has 0 aliphatic heterocycles. The average molecular weight is 309 g/mol. The summed E-state index contributed by atoms with van der Waals surface area (Å²) in [6, 6.07) is 3.72. The Kier molecular flexibility index (Phi) is 5.66. The molecule has 0 saturated heterocycles. The Morgan fingerprint density at radius 1 is 1.06 bits per heavy atom. The molecule has 0 N–H and O–H groups in total. The Balaban J connectivity index is 0.00000128. The van der Waals surface area contributed by atoms with E-state index in [0.717, 1.165) is 15.5 Å². The fraction of sp³-hybridized carbons (Fsp3) is 0.200. The van der Waals surface area contributed by atoms with Crippen molar-refractivity contribution in [2.75, 3.05) is 14.2 Å². The van der Waals surface area contributed by atoms with Gasteiger partial charge in [0.05, 0.1) is 0 Å². The van der Waals surface area contributed by atoms with Crippen molar-refractivity contribution in [3.05, 3.63) is 18.5 Å². The van der Waals surface area contributed by atoms with Crippen LogP contribution in [-0.2, 0) is 0 Å². The van der Waals surface area contributed by atoms with Crippen molar-refractivity contribution in [2.45, 2.75) is 0 Å². The molecule has 0 aliphatic carbocycles. The van der Waals surface area contributed by atoms with Crippen molar-refractivity contribution in [1.82, 2.24) is 9.97 Å². The molecule has 0 unspecified atom stereocenters. The number of rotatable bonds is 2. The third kappa shape index (κ3) is 2.76. The van der Waals surface area contributed by atoms with Gasteiger partial charge >= 0.3 is 147 Å². The van der Waals surface area contributed by atoms with Crippen LogP contribution in [-0.4, -0.2) is 91.6 Å². The van der Waals surface area contributed by atoms with Crippen LogP contribution in [0.25, 0.3) is 10.9 Å². The second-order valence-electron chi connectivity index (χ2n) is 2.92. The Bertz CT molecular complexity index is 507. The van der Waals surface area contributed by atoms with Crippen molar-refractivity contribution >= 4 is 82.9 Å². The first kappa shape index (κ1) is 14.4. The summed E-state index contributed by atoms with van der Waals surface area (Å²) in [6.07, 6.45) is 1.53. The van der Waals surface area contributed by atoms with E-state index >= 15 is 0 Å². The molecule has 1 aromatic heterocycles. The molecule has 0 saturated carbocycles. The number of nitrogens with zero attached hydrogens (tertiary/aromatic N) is 2. The molecule has 0 bridgehead atoms. The number of methoxy groups -OCH3 is 2. The zero-order valence-electron chi connectivity index (χ0n) is 8.39. The average Bonchev–Trinajstić information content (AvgIpc) is 2.28. The minimum absolute atomic E-state index is 0. The summed E-state index contributed by atoms with van der Waals surface area (Å²) in [7, 11) is 3.21. The molecule has 16 heavy (non-hydrogen) atoms. The van der Waals surface area contributed by atoms with Crippen LogP contribution in [0, 0.1) is 0 Å². The van der Waals surface area contributed by atoms with Crippen LogP contribution in [0.1, 0.15) is 0 Å². The van der Waals surface area contributed by atoms with E-state index in [1.165, 1.54) is 6.33 Å². The van der Waals surface area contributed by atoms with E-state index in [1.54, 1.807) is 14.2 Å². The van der Waals surface area contributed by atoms with Gasteiger partial charge in [-0.3, -0.25) is 0 Å². The zero-order chi connectivity index (χ0) is 10.8. The Morgan fingerprint density at radius 2 is 1.69 bits per heavy atom. The molecule has 1 heterocycles. The number of ether oxygens (including phenoxy) is 2. The molecule has 6 heteroatoms. The predicted octanol–water partition coefficient (Wildman–Crippen LogP) is -0.475. The summed E-state index contributed by atoms with van der Waals surface area (Å²) >= 11 is 2.41. The van der Waals surface area contributed by atoms with Gasteiger partial charge in [0.2, 0.25) is 0 Å². The van der Waals surface area contributed by atoms with E-state index in [9.17, 15) is 0 Å². The van der Waals surface area contributed by atoms with E-state index in [4.69, 9.17) is 9.47 Å². The van der Waals surface area contributed by atoms with E-state index in [1.807, 2.05) is 12.1 Å². The maximum absolute atomic E-state index is 5.21. The predicted molar refractivity (Wildman–Crippen MR) is 66.6 cm³/mol. The van der Waals surface area contributed by atoms with Gasteiger partial charge < -0.3 is 0 Å². The van der Waals surface area contributed by atoms with Crippen molar-refractivity contribution < 1.29 is 9.47 Å². The maximum atomic E-state index is 5.21. The normalized spacial score (nSPS) is 9.69. The topological polar surface area (TPSA) is 44.2 Å². The summed E-state index contributed by atoms with van der Waals surface area (Å²) in [5.74, 6) is 1.36. The van der Waals surface area contributed by atoms with Crippen LogP contribution in [0.2, 0.25) is 0 Å². The van der Waals surface area contributed by atoms with Crippen LogP contribution in [0.5, 0.6) is 11.5 Å². The first-order valence-corrected chi connectivity index (χ1v) is 5.25. The van der Waals surface area contributed by atoms with Crippen molar-refractivity contribution in [3.63, 3.8) is 0 Å². The van der Waals surface area contributed by atoms with Crippen molar-refractivity contribution in [3.8, 4) is 11.5 Å². The van der Waals surface area contributed by atoms with E-state index in [2.05, 4.69) is 26.0 Å². The van der Waals surface area contributed by atoms with Crippen LogP contribution < -0.4 is 14.1 Å². The molecular weight excluding hydrogens is 298 g/mol. The van der Waals surface area contributed by atoms with E-state index in [-0.39, 0.29) is 51.4 Å². The zero-order valence-corrected chi connectivity index (χ0v) is 10.3. The Labute approximate surface area is 144 Å². The third-order valence-corrected chi connectivity index (χ3v) is 2.87. The van der Waals surface area contributed by atoms with Crippen LogP contribution in [0.3, 0.4) is 0 Å². The summed E-state index contributed by atoms with van der Waals surface area (Å²) in [5, 5.41) is 0.954. The molecular formula is C10H11KN2O2Se. The summed E-state index contributed by atoms with van der Waals surface area (Å²) in [5.41, 5.74) is 0.846. The van der Waals surface area contributed by atoms with Gasteiger partial charge in [-0.05, 0) is 0 Å². The first-order valence-electron chi connectivity index (χ1n) is 4.32. The summed E-state index contributed by atoms with van der Waals surface area (Å²) < 4.78 is 11.3. The molecule has 1 aromatic carbocycles. The number of hydrogen-bond donors (Lipinski definition) is 0. The van der Waals surface area contributed by atoms with Crippen LogP contribution in [0.4, 0.5) is 0 Å². The number of fused-ring (bicyclic) bond motifs is 1. The standard InChI is InChI=1S/C10H10N2O2Se.K.H/c1-13-8-3-6-7(4-9(8)14-2)11-5-12-10(6)15;;/h3-5H,1-2H3,(H,11,12,15);;. The monoisotopic (exact) mass is 310 g/mol. The van der Waals surface area contributed by atoms with Gasteiger partial charge in [0.25, 0.3) is 0 Å². The fourth-order valence-corrected chi connectivity index (χ4v) is 1.85. The summed E-state index contributed by atoms with van der Waals surface area (Å²) in [6.45, 7) is 0. The molecule has 0 atom stereocenters. The number of benzene rings is 1. The van der Waals surface area contributed by atoms with Gasteiger partial charge in [0, 0.05) is 0 Å². The van der Waals surface area contributed by atoms with Gasteiger partial charge in [0.1, 0.15) is 0 Å². The molecule has 80 valence electrons. The third-order valence-electron chi connectivity index (χ3n) is 2.12. The van der Waals surface area contributed by atoms with Gasteiger partial charge in [-0.2, -0.15) is 0 Å². The quantitative estimate of drug-likeness (QED) is 0.703. The molecule has 0 spiro atoms. The number of hydrogen-bond acceptors (Lipinski definition) is 4. The molecule has 0 fully saturated rings. The SMILES string of the molecule is COc1cc2ncnc([SeH])c2cc1OC.[KH]. The van der Waals surface area contributed by atoms with E-state index < -0.39 is 0 Å². The van der Waals surface area contributed by atoms with Crippen LogP contribution >= 0.6 is 0 Å². The van der Waals surface area contributed by atoms with Crippen molar-refractivity contribution in [1.29, 1.82) is 0 Å². The minimum atomic E-state index is 0. The fourth-order valence-electron chi connectivity index (χ4n) is 1.37. The van der Waals surface area contributed by atoms with Gasteiger partial charge in [-0.1, -0.05) is 0 Å². The molecule has 4 nitrogen and oxygen atoms in total. The van der Waals surface area contributed by atoms with Gasteiger partial charge in [-0.25, -0.2) is 0 Å². The van der Waals surface area contributed by atoms with Gasteiger partial charge in [-0.15, -0.1) is 0 Å². The summed E-state index contributed by atoms with van der Waals surface area (Å²) in [4.78, 5) is 8.27. The molecule has 0 aliphatic rings. The Hall–Kier alpha value is 0.316. The van der Waals surface area contributed by atoms with Crippen molar-refractivity contribution in [2.24, 2.45) is 0 Å².